The largest absolute Gasteiger partial charge is 0.347 e. The molecule has 2 nitrogen and oxygen atoms in total. The minimum absolute atomic E-state index is 0.170. The summed E-state index contributed by atoms with van der Waals surface area (Å²) in [6.45, 7) is 3.29. The Hall–Kier alpha value is -0.500. The lowest BCUT2D eigenvalue weighted by atomic mass is 10.4. The van der Waals surface area contributed by atoms with Crippen molar-refractivity contribution in [3.05, 3.63) is 12.7 Å². The van der Waals surface area contributed by atoms with Gasteiger partial charge in [0.25, 0.3) is 0 Å². The Kier molecular flexibility index (Phi) is 3.42. The highest BCUT2D eigenvalue weighted by molar-refractivity contribution is 6.13. The second-order valence-corrected chi connectivity index (χ2v) is 1.10. The molecule has 0 bridgehead atoms. The van der Waals surface area contributed by atoms with E-state index >= 15 is 0 Å². The average molecular weight is 121 g/mol. The smallest absolute Gasteiger partial charge is 0.328 e. The quantitative estimate of drug-likeness (QED) is 0.513. The molecular weight excluding hydrogens is 115 g/mol. The van der Waals surface area contributed by atoms with Gasteiger partial charge in [-0.3, -0.25) is 4.79 Å². The standard InChI is InChI=1S/C4H5ClO2/c1-2-3-4(6)7-5/h2H,1,3H2. The molecule has 3 heteroatoms. The maximum Gasteiger partial charge on any atom is 0.328 e. The lowest BCUT2D eigenvalue weighted by Gasteiger charge is -1.83. The first kappa shape index (κ1) is 6.50. The normalized spacial score (nSPS) is 7.57. The summed E-state index contributed by atoms with van der Waals surface area (Å²) in [5.41, 5.74) is 0. The summed E-state index contributed by atoms with van der Waals surface area (Å²) in [5.74, 6) is -0.475. The van der Waals surface area contributed by atoms with Gasteiger partial charge in [0, 0.05) is 0 Å². The monoisotopic (exact) mass is 120 g/mol. The Labute approximate surface area is 46.9 Å². The third kappa shape index (κ3) is 3.33. The Morgan fingerprint density at radius 1 is 2.00 bits per heavy atom. The summed E-state index contributed by atoms with van der Waals surface area (Å²) in [6.07, 6.45) is 1.59. The minimum Gasteiger partial charge on any atom is -0.347 e. The van der Waals surface area contributed by atoms with Crippen LogP contribution in [0.15, 0.2) is 12.7 Å². The Balaban J connectivity index is 3.17. The van der Waals surface area contributed by atoms with Crippen LogP contribution in [0.5, 0.6) is 0 Å². The predicted octanol–water partition coefficient (Wildman–Crippen LogP) is 1.26. The van der Waals surface area contributed by atoms with Gasteiger partial charge in [-0.2, -0.15) is 0 Å². The zero-order valence-corrected chi connectivity index (χ0v) is 4.44. The number of carbonyl (C=O) groups is 1. The Morgan fingerprint density at radius 2 is 2.57 bits per heavy atom. The average Bonchev–Trinajstić information content (AvgIpc) is 1.68. The van der Waals surface area contributed by atoms with E-state index in [4.69, 9.17) is 0 Å². The van der Waals surface area contributed by atoms with Gasteiger partial charge < -0.3 is 4.29 Å². The van der Waals surface area contributed by atoms with E-state index in [1.165, 1.54) is 6.08 Å². The maximum absolute atomic E-state index is 9.99. The van der Waals surface area contributed by atoms with E-state index < -0.39 is 5.97 Å². The minimum atomic E-state index is -0.475. The molecule has 0 fully saturated rings. The SMILES string of the molecule is C=CCC(=O)OCl. The fourth-order valence-corrected chi connectivity index (χ4v) is 0.212. The van der Waals surface area contributed by atoms with Gasteiger partial charge in [0.2, 0.25) is 0 Å². The van der Waals surface area contributed by atoms with Crippen molar-refractivity contribution in [1.82, 2.24) is 0 Å². The van der Waals surface area contributed by atoms with Crippen molar-refractivity contribution in [2.24, 2.45) is 0 Å². The second kappa shape index (κ2) is 3.68. The fourth-order valence-electron chi connectivity index (χ4n) is 0.149. The third-order valence-electron chi connectivity index (χ3n) is 0.397. The van der Waals surface area contributed by atoms with Gasteiger partial charge in [0.15, 0.2) is 0 Å². The molecule has 0 N–H and O–H groups in total. The molecule has 0 aromatic rings. The van der Waals surface area contributed by atoms with Crippen molar-refractivity contribution in [2.45, 2.75) is 6.42 Å². The molecule has 0 saturated heterocycles. The van der Waals surface area contributed by atoms with Crippen LogP contribution in [0.4, 0.5) is 0 Å². The topological polar surface area (TPSA) is 26.3 Å². The van der Waals surface area contributed by atoms with E-state index in [9.17, 15) is 4.79 Å². The van der Waals surface area contributed by atoms with E-state index in [0.717, 1.165) is 0 Å². The first-order valence-electron chi connectivity index (χ1n) is 1.73. The molecule has 0 aromatic carbocycles. The number of carbonyl (C=O) groups excluding carboxylic acids is 1. The lowest BCUT2D eigenvalue weighted by molar-refractivity contribution is -0.132. The van der Waals surface area contributed by atoms with E-state index in [-0.39, 0.29) is 6.42 Å². The maximum atomic E-state index is 9.99. The van der Waals surface area contributed by atoms with Crippen molar-refractivity contribution in [3.63, 3.8) is 0 Å². The highest BCUT2D eigenvalue weighted by Crippen LogP contribution is 1.87. The zero-order chi connectivity index (χ0) is 5.70. The van der Waals surface area contributed by atoms with E-state index in [1.54, 1.807) is 0 Å². The number of hydrogen-bond donors (Lipinski definition) is 0. The molecule has 0 spiro atoms. The molecule has 0 aliphatic rings. The van der Waals surface area contributed by atoms with E-state index in [2.05, 4.69) is 22.7 Å². The molecule has 0 radical (unpaired) electrons. The number of hydrogen-bond acceptors (Lipinski definition) is 2. The van der Waals surface area contributed by atoms with Gasteiger partial charge in [-0.15, -0.1) is 6.58 Å². The summed E-state index contributed by atoms with van der Waals surface area (Å²) in [5, 5.41) is 0. The summed E-state index contributed by atoms with van der Waals surface area (Å²) < 4.78 is 3.75. The van der Waals surface area contributed by atoms with Crippen LogP contribution in [-0.4, -0.2) is 5.97 Å². The molecule has 40 valence electrons. The second-order valence-electron chi connectivity index (χ2n) is 0.942. The fraction of sp³-hybridized carbons (Fsp3) is 0.250. The molecule has 0 rings (SSSR count). The van der Waals surface area contributed by atoms with Crippen molar-refractivity contribution in [2.75, 3.05) is 0 Å². The van der Waals surface area contributed by atoms with Gasteiger partial charge in [0.05, 0.1) is 6.42 Å². The van der Waals surface area contributed by atoms with Gasteiger partial charge >= 0.3 is 5.97 Å². The lowest BCUT2D eigenvalue weighted by Crippen LogP contribution is -1.91. The highest BCUT2D eigenvalue weighted by atomic mass is 35.5. The van der Waals surface area contributed by atoms with Crippen molar-refractivity contribution in [3.8, 4) is 0 Å². The van der Waals surface area contributed by atoms with E-state index in [0.29, 0.717) is 0 Å². The molecule has 0 atom stereocenters. The first-order valence-corrected chi connectivity index (χ1v) is 2.04. The third-order valence-corrected chi connectivity index (χ3v) is 0.569. The van der Waals surface area contributed by atoms with Crippen LogP contribution in [0, 0.1) is 0 Å². The predicted molar refractivity (Wildman–Crippen MR) is 26.8 cm³/mol. The molecule has 0 unspecified atom stereocenters. The van der Waals surface area contributed by atoms with Crippen LogP contribution in [-0.2, 0) is 9.08 Å². The van der Waals surface area contributed by atoms with Crippen LogP contribution in [0.25, 0.3) is 0 Å². The molecule has 0 aliphatic carbocycles. The molecule has 0 aromatic heterocycles. The zero-order valence-electron chi connectivity index (χ0n) is 3.69. The summed E-state index contributed by atoms with van der Waals surface area (Å²) in [6, 6.07) is 0. The van der Waals surface area contributed by atoms with Crippen molar-refractivity contribution < 1.29 is 9.08 Å². The first-order chi connectivity index (χ1) is 3.31. The van der Waals surface area contributed by atoms with Gasteiger partial charge in [-0.1, -0.05) is 6.08 Å². The molecule has 0 saturated carbocycles. The van der Waals surface area contributed by atoms with Crippen LogP contribution in [0.1, 0.15) is 6.42 Å². The summed E-state index contributed by atoms with van der Waals surface area (Å²) >= 11 is 4.63. The van der Waals surface area contributed by atoms with Crippen LogP contribution < -0.4 is 0 Å². The molecule has 0 heterocycles. The molecule has 0 aliphatic heterocycles. The highest BCUT2D eigenvalue weighted by Gasteiger charge is 1.92. The molecule has 7 heavy (non-hydrogen) atoms. The van der Waals surface area contributed by atoms with Crippen molar-refractivity contribution in [1.29, 1.82) is 0 Å². The Morgan fingerprint density at radius 3 is 2.71 bits per heavy atom. The van der Waals surface area contributed by atoms with Crippen LogP contribution in [0.2, 0.25) is 0 Å². The summed E-state index contributed by atoms with van der Waals surface area (Å²) in [7, 11) is 0. The van der Waals surface area contributed by atoms with Crippen LogP contribution in [0.3, 0.4) is 0 Å². The number of halogens is 1. The Bertz CT molecular complexity index is 79.8. The molecular formula is C4H5ClO2. The van der Waals surface area contributed by atoms with Gasteiger partial charge in [-0.05, 0) is 0 Å². The van der Waals surface area contributed by atoms with Gasteiger partial charge in [-0.25, -0.2) is 0 Å². The summed E-state index contributed by atoms with van der Waals surface area (Å²) in [4.78, 5) is 9.99. The number of rotatable bonds is 2. The van der Waals surface area contributed by atoms with Crippen molar-refractivity contribution >= 4 is 17.8 Å². The van der Waals surface area contributed by atoms with E-state index in [1.807, 2.05) is 0 Å². The van der Waals surface area contributed by atoms with Gasteiger partial charge in [0.1, 0.15) is 11.9 Å². The molecule has 0 amide bonds. The van der Waals surface area contributed by atoms with Crippen LogP contribution >= 0.6 is 11.9 Å².